The Kier molecular flexibility index (Phi) is 10.0. The maximum absolute atomic E-state index is 6.73. The minimum absolute atomic E-state index is 0.331. The zero-order chi connectivity index (χ0) is 27.9. The predicted molar refractivity (Wildman–Crippen MR) is 163 cm³/mol. The molecule has 1 atom stereocenters. The molecular weight excluding hydrogens is 555 g/mol. The molecule has 1 unspecified atom stereocenters. The van der Waals surface area contributed by atoms with Crippen LogP contribution in [0.2, 0.25) is 0 Å². The van der Waals surface area contributed by atoms with Gasteiger partial charge >= 0.3 is 233 Å². The number of hydrogen-bond donors (Lipinski definition) is 2. The van der Waals surface area contributed by atoms with Crippen molar-refractivity contribution in [3.05, 3.63) is 89.5 Å². The summed E-state index contributed by atoms with van der Waals surface area (Å²) in [5, 5.41) is 0. The summed E-state index contributed by atoms with van der Waals surface area (Å²) in [5.74, 6) is 1.96. The van der Waals surface area contributed by atoms with E-state index in [-0.39, 0.29) is 0 Å². The van der Waals surface area contributed by atoms with E-state index >= 15 is 0 Å². The van der Waals surface area contributed by atoms with Gasteiger partial charge in [-0.25, -0.2) is 0 Å². The average Bonchev–Trinajstić information content (AvgIpc) is 2.88. The molecule has 1 heterocycles. The van der Waals surface area contributed by atoms with Gasteiger partial charge in [0.25, 0.3) is 0 Å². The molecule has 0 saturated heterocycles. The molecule has 0 aliphatic carbocycles. The van der Waals surface area contributed by atoms with Crippen molar-refractivity contribution < 1.29 is 27.1 Å². The Morgan fingerprint density at radius 1 is 0.667 bits per heavy atom. The Bertz CT molecular complexity index is 1330. The summed E-state index contributed by atoms with van der Waals surface area (Å²) < 4.78 is 44.5. The van der Waals surface area contributed by atoms with E-state index in [1.807, 2.05) is 114 Å². The van der Waals surface area contributed by atoms with Gasteiger partial charge in [-0.1, -0.05) is 0 Å². The Balaban J connectivity index is 1.93. The summed E-state index contributed by atoms with van der Waals surface area (Å²) in [5.41, 5.74) is 2.85. The molecule has 9 nitrogen and oxygen atoms in total. The third kappa shape index (κ3) is 7.18. The van der Waals surface area contributed by atoms with Gasteiger partial charge in [0.15, 0.2) is 0 Å². The first kappa shape index (κ1) is 29.9. The molecule has 0 bridgehead atoms. The van der Waals surface area contributed by atoms with Gasteiger partial charge in [0.05, 0.1) is 0 Å². The molecule has 0 radical (unpaired) electrons. The first-order chi connectivity index (χ1) is 18.8. The van der Waals surface area contributed by atoms with E-state index in [9.17, 15) is 0 Å². The van der Waals surface area contributed by atoms with Crippen molar-refractivity contribution in [2.75, 3.05) is 19.8 Å². The second-order valence-corrected chi connectivity index (χ2v) is 16.5. The number of nitrogens with zero attached hydrogens (tertiary/aromatic N) is 1. The molecule has 0 amide bonds. The molecule has 12 heteroatoms. The van der Waals surface area contributed by atoms with Gasteiger partial charge in [0.2, 0.25) is 0 Å². The van der Waals surface area contributed by atoms with Gasteiger partial charge < -0.3 is 0 Å². The molecule has 1 aliphatic heterocycles. The van der Waals surface area contributed by atoms with Crippen molar-refractivity contribution in [2.45, 2.75) is 41.5 Å². The van der Waals surface area contributed by atoms with Crippen molar-refractivity contribution in [1.82, 2.24) is 9.72 Å². The quantitative estimate of drug-likeness (QED) is 0.203. The van der Waals surface area contributed by atoms with E-state index in [1.165, 1.54) is 0 Å². The molecule has 3 aromatic rings. The second-order valence-electron chi connectivity index (χ2n) is 8.93. The fourth-order valence-electron chi connectivity index (χ4n) is 4.07. The molecule has 0 aromatic heterocycles. The normalized spacial score (nSPS) is 21.3. The van der Waals surface area contributed by atoms with Crippen LogP contribution in [0.1, 0.15) is 37.5 Å². The van der Waals surface area contributed by atoms with Crippen molar-refractivity contribution >= 4 is 23.7 Å². The van der Waals surface area contributed by atoms with Crippen LogP contribution >= 0.6 is 23.7 Å². The minimum atomic E-state index is -3.72. The van der Waals surface area contributed by atoms with Gasteiger partial charge in [-0.3, -0.25) is 0 Å². The average molecular weight is 596 g/mol. The molecule has 0 saturated carbocycles. The summed E-state index contributed by atoms with van der Waals surface area (Å²) in [6.07, 6.45) is 0. The molecule has 2 N–H and O–H groups in total. The maximum atomic E-state index is 6.73. The van der Waals surface area contributed by atoms with Crippen molar-refractivity contribution in [2.24, 2.45) is 4.52 Å². The van der Waals surface area contributed by atoms with Gasteiger partial charge in [0, 0.05) is 0 Å². The van der Waals surface area contributed by atoms with E-state index in [0.29, 0.717) is 37.1 Å². The number of hydrogen-bond acceptors (Lipinski definition) is 9. The third-order valence-electron chi connectivity index (χ3n) is 5.87. The number of benzene rings is 3. The summed E-state index contributed by atoms with van der Waals surface area (Å²) in [6.45, 7) is 12.7. The monoisotopic (exact) mass is 595 g/mol. The fraction of sp³-hybridized carbons (Fsp3) is 0.333. The van der Waals surface area contributed by atoms with Crippen molar-refractivity contribution in [1.29, 1.82) is 0 Å². The summed E-state index contributed by atoms with van der Waals surface area (Å²) in [4.78, 5) is 7.03. The summed E-state index contributed by atoms with van der Waals surface area (Å²) in [7, 11) is -10.7. The van der Waals surface area contributed by atoms with Crippen LogP contribution in [0.5, 0.6) is 17.2 Å². The van der Waals surface area contributed by atoms with Crippen LogP contribution in [-0.2, 0) is 13.6 Å². The molecular formula is C27H40N3O6P3. The van der Waals surface area contributed by atoms with E-state index in [0.717, 1.165) is 16.7 Å². The first-order valence-corrected chi connectivity index (χ1v) is 18.3. The van der Waals surface area contributed by atoms with Crippen LogP contribution in [-0.4, -0.2) is 19.8 Å². The van der Waals surface area contributed by atoms with Crippen LogP contribution in [0.25, 0.3) is 0 Å². The number of nitrogens with one attached hydrogen (secondary N) is 2. The molecule has 4 rings (SSSR count). The SMILES string of the molecule is CCOP1(Oc2ccccc2C)=N[PH](OCC)(Oc2ccccc2C)N[PH](OCC)(Oc2ccccc2C)N1. The zero-order valence-electron chi connectivity index (χ0n) is 23.4. The Hall–Kier alpha value is -2.05. The number of para-hydroxylation sites is 3. The molecule has 39 heavy (non-hydrogen) atoms. The van der Waals surface area contributed by atoms with E-state index < -0.39 is 23.7 Å². The standard InChI is InChI=1S/C27H40N3O6P3/c1-7-31-37(34-25-19-13-10-16-22(25)4)28-38(32-8-2,35-26-20-14-11-17-23(26)5)30-39(29-37,33-9-3)36-27-21-15-12-18-24(27)6/h10-21,28-29,37-38H,7-9H2,1-6H3. The van der Waals surface area contributed by atoms with Gasteiger partial charge in [-0.15, -0.1) is 0 Å². The van der Waals surface area contributed by atoms with Gasteiger partial charge in [0.1, 0.15) is 0 Å². The van der Waals surface area contributed by atoms with E-state index in [1.54, 1.807) is 0 Å². The zero-order valence-corrected chi connectivity index (χ0v) is 26.3. The molecule has 0 spiro atoms. The van der Waals surface area contributed by atoms with Crippen LogP contribution < -0.4 is 23.3 Å². The Morgan fingerprint density at radius 2 is 1.18 bits per heavy atom. The van der Waals surface area contributed by atoms with E-state index in [4.69, 9.17) is 31.7 Å². The number of aryl methyl sites for hydroxylation is 3. The second kappa shape index (κ2) is 13.1. The Morgan fingerprint density at radius 3 is 1.69 bits per heavy atom. The predicted octanol–water partition coefficient (Wildman–Crippen LogP) is 8.22. The van der Waals surface area contributed by atoms with Crippen LogP contribution in [0, 0.1) is 20.8 Å². The van der Waals surface area contributed by atoms with Crippen LogP contribution in [0.15, 0.2) is 77.3 Å². The van der Waals surface area contributed by atoms with Crippen LogP contribution in [0.4, 0.5) is 0 Å². The number of rotatable bonds is 12. The summed E-state index contributed by atoms with van der Waals surface area (Å²) >= 11 is 0. The topological polar surface area (TPSA) is 91.8 Å². The fourth-order valence-corrected chi connectivity index (χ4v) is 16.2. The van der Waals surface area contributed by atoms with Crippen molar-refractivity contribution in [3.8, 4) is 17.2 Å². The summed E-state index contributed by atoms with van der Waals surface area (Å²) in [6, 6.07) is 23.3. The molecule has 0 fully saturated rings. The Labute approximate surface area is 233 Å². The third-order valence-corrected chi connectivity index (χ3v) is 16.3. The van der Waals surface area contributed by atoms with Crippen LogP contribution in [0.3, 0.4) is 0 Å². The molecule has 3 aromatic carbocycles. The van der Waals surface area contributed by atoms with Gasteiger partial charge in [-0.05, 0) is 0 Å². The van der Waals surface area contributed by atoms with Gasteiger partial charge in [-0.2, -0.15) is 0 Å². The van der Waals surface area contributed by atoms with Crippen molar-refractivity contribution in [3.63, 3.8) is 0 Å². The molecule has 214 valence electrons. The molecule has 1 aliphatic rings. The first-order valence-electron chi connectivity index (χ1n) is 13.2. The van der Waals surface area contributed by atoms with E-state index in [2.05, 4.69) is 9.72 Å².